The van der Waals surface area contributed by atoms with Crippen LogP contribution in [0.4, 0.5) is 0 Å². The first-order chi connectivity index (χ1) is 10.2. The summed E-state index contributed by atoms with van der Waals surface area (Å²) in [6, 6.07) is 0. The van der Waals surface area contributed by atoms with Crippen LogP contribution in [0.3, 0.4) is 0 Å². The molecule has 0 aliphatic rings. The Hall–Kier alpha value is 0.218. The Morgan fingerprint density at radius 1 is 0.708 bits per heavy atom. The van der Waals surface area contributed by atoms with Crippen molar-refractivity contribution >= 4 is 39.7 Å². The summed E-state index contributed by atoms with van der Waals surface area (Å²) in [5, 5.41) is 0. The van der Waals surface area contributed by atoms with Gasteiger partial charge in [-0.05, 0) is 79.7 Å². The Balaban J connectivity index is 5.66. The van der Waals surface area contributed by atoms with E-state index < -0.39 is 39.2 Å². The third-order valence-corrected chi connectivity index (χ3v) is 14.0. The molecule has 0 aromatic rings. The number of hydrogen-bond donors (Lipinski definition) is 0. The van der Waals surface area contributed by atoms with E-state index in [1.165, 1.54) is 0 Å². The van der Waals surface area contributed by atoms with Gasteiger partial charge in [0.15, 0.2) is 31.2 Å². The van der Waals surface area contributed by atoms with Crippen molar-refractivity contribution in [1.29, 1.82) is 0 Å². The Morgan fingerprint density at radius 3 is 1.21 bits per heavy atom. The molecule has 0 rings (SSSR count). The predicted molar refractivity (Wildman–Crippen MR) is 109 cm³/mol. The summed E-state index contributed by atoms with van der Waals surface area (Å²) >= 11 is 0. The van der Waals surface area contributed by atoms with E-state index in [2.05, 4.69) is 58.9 Å². The van der Waals surface area contributed by atoms with Gasteiger partial charge in [0.05, 0.1) is 5.41 Å². The Morgan fingerprint density at radius 2 is 1.00 bits per heavy atom. The van der Waals surface area contributed by atoms with E-state index in [-0.39, 0.29) is 12.2 Å². The number of carbonyl (C=O) groups is 1. The molecular formula is C15H38O5Si4. The van der Waals surface area contributed by atoms with Crippen molar-refractivity contribution in [2.24, 2.45) is 5.41 Å². The minimum Gasteiger partial charge on any atom is -0.461 e. The lowest BCUT2D eigenvalue weighted by molar-refractivity contribution is -0.152. The maximum absolute atomic E-state index is 12.3. The molecule has 0 spiro atoms. The summed E-state index contributed by atoms with van der Waals surface area (Å²) in [5.74, 6) is -0.253. The standard InChI is InChI=1S/C15H38O5Si4/c1-15(2,3)14(16)17-13-24(18-21(4,5)6,19-22(7,8)9)20-23(10,11)12/h13H2,1-12H3. The van der Waals surface area contributed by atoms with Gasteiger partial charge >= 0.3 is 14.8 Å². The molecule has 0 bridgehead atoms. The minimum atomic E-state index is -3.10. The molecule has 9 heteroatoms. The van der Waals surface area contributed by atoms with Crippen LogP contribution in [0.5, 0.6) is 0 Å². The fourth-order valence-corrected chi connectivity index (χ4v) is 15.8. The zero-order valence-electron chi connectivity index (χ0n) is 17.7. The van der Waals surface area contributed by atoms with Crippen molar-refractivity contribution in [2.75, 3.05) is 6.23 Å². The average Bonchev–Trinajstić information content (AvgIpc) is 2.16. The van der Waals surface area contributed by atoms with Gasteiger partial charge in [0.2, 0.25) is 0 Å². The summed E-state index contributed by atoms with van der Waals surface area (Å²) < 4.78 is 25.0. The van der Waals surface area contributed by atoms with Crippen LogP contribution < -0.4 is 0 Å². The van der Waals surface area contributed by atoms with E-state index in [0.717, 1.165) is 0 Å². The summed E-state index contributed by atoms with van der Waals surface area (Å²) in [4.78, 5) is 12.3. The lowest BCUT2D eigenvalue weighted by Gasteiger charge is -2.42. The molecule has 0 aliphatic heterocycles. The molecule has 0 heterocycles. The molecule has 0 saturated carbocycles. The van der Waals surface area contributed by atoms with Gasteiger partial charge in [0, 0.05) is 0 Å². The zero-order valence-corrected chi connectivity index (χ0v) is 21.7. The van der Waals surface area contributed by atoms with E-state index in [1.807, 2.05) is 20.8 Å². The monoisotopic (exact) mass is 410 g/mol. The highest BCUT2D eigenvalue weighted by atomic mass is 28.5. The molecule has 0 aromatic carbocycles. The molecule has 5 nitrogen and oxygen atoms in total. The largest absolute Gasteiger partial charge is 0.509 e. The Bertz CT molecular complexity index is 386. The maximum Gasteiger partial charge on any atom is 0.509 e. The van der Waals surface area contributed by atoms with Gasteiger partial charge in [0.1, 0.15) is 0 Å². The molecule has 0 atom stereocenters. The van der Waals surface area contributed by atoms with Crippen LogP contribution in [-0.4, -0.2) is 46.0 Å². The topological polar surface area (TPSA) is 54.0 Å². The molecular weight excluding hydrogens is 373 g/mol. The van der Waals surface area contributed by atoms with E-state index in [0.29, 0.717) is 0 Å². The van der Waals surface area contributed by atoms with Crippen molar-refractivity contribution in [3.63, 3.8) is 0 Å². The average molecular weight is 411 g/mol. The van der Waals surface area contributed by atoms with Gasteiger partial charge in [0.25, 0.3) is 0 Å². The molecule has 0 saturated heterocycles. The van der Waals surface area contributed by atoms with E-state index in [1.54, 1.807) is 0 Å². The number of rotatable bonds is 8. The second-order valence-corrected chi connectivity index (χ2v) is 26.9. The van der Waals surface area contributed by atoms with Crippen LogP contribution in [0.1, 0.15) is 20.8 Å². The van der Waals surface area contributed by atoms with Crippen LogP contribution in [-0.2, 0) is 21.9 Å². The van der Waals surface area contributed by atoms with Gasteiger partial charge in [-0.25, -0.2) is 0 Å². The third-order valence-electron chi connectivity index (χ3n) is 2.38. The molecule has 0 N–H and O–H groups in total. The first-order valence-electron chi connectivity index (χ1n) is 8.53. The van der Waals surface area contributed by atoms with Crippen molar-refractivity contribution in [3.05, 3.63) is 0 Å². The van der Waals surface area contributed by atoms with Crippen molar-refractivity contribution < 1.29 is 21.9 Å². The van der Waals surface area contributed by atoms with Gasteiger partial charge in [-0.1, -0.05) is 0 Å². The number of ether oxygens (including phenoxy) is 1. The normalized spacial score (nSPS) is 14.7. The SMILES string of the molecule is CC(C)(C)C(=O)OC[Si](O[Si](C)(C)C)(O[Si](C)(C)C)O[Si](C)(C)C. The van der Waals surface area contributed by atoms with E-state index in [9.17, 15) is 4.79 Å². The fraction of sp³-hybridized carbons (Fsp3) is 0.933. The molecule has 0 unspecified atom stereocenters. The zero-order chi connectivity index (χ0) is 19.6. The molecule has 0 radical (unpaired) electrons. The van der Waals surface area contributed by atoms with Gasteiger partial charge in [-0.3, -0.25) is 4.79 Å². The minimum absolute atomic E-state index is 0.0991. The second kappa shape index (κ2) is 7.85. The van der Waals surface area contributed by atoms with Crippen LogP contribution >= 0.6 is 0 Å². The highest BCUT2D eigenvalue weighted by molar-refractivity contribution is 6.90. The number of hydrogen-bond acceptors (Lipinski definition) is 5. The van der Waals surface area contributed by atoms with Gasteiger partial charge in [-0.15, -0.1) is 0 Å². The predicted octanol–water partition coefficient (Wildman–Crippen LogP) is 4.61. The molecule has 24 heavy (non-hydrogen) atoms. The van der Waals surface area contributed by atoms with Crippen LogP contribution in [0.15, 0.2) is 0 Å². The Labute approximate surface area is 153 Å². The van der Waals surface area contributed by atoms with E-state index in [4.69, 9.17) is 17.1 Å². The summed E-state index contributed by atoms with van der Waals surface area (Å²) in [7, 11) is -8.94. The van der Waals surface area contributed by atoms with Crippen molar-refractivity contribution in [2.45, 2.75) is 79.7 Å². The Kier molecular flexibility index (Phi) is 7.92. The molecule has 0 amide bonds. The molecule has 0 aromatic heterocycles. The lowest BCUT2D eigenvalue weighted by atomic mass is 9.98. The van der Waals surface area contributed by atoms with Crippen molar-refractivity contribution in [1.82, 2.24) is 0 Å². The summed E-state index contributed by atoms with van der Waals surface area (Å²) in [6.45, 7) is 24.5. The highest BCUT2D eigenvalue weighted by Crippen LogP contribution is 2.27. The third kappa shape index (κ3) is 11.0. The first-order valence-corrected chi connectivity index (χ1v) is 20.7. The maximum atomic E-state index is 12.3. The van der Waals surface area contributed by atoms with Crippen LogP contribution in [0.25, 0.3) is 0 Å². The highest BCUT2D eigenvalue weighted by Gasteiger charge is 2.52. The second-order valence-electron chi connectivity index (χ2n) is 10.2. The molecule has 0 aliphatic carbocycles. The quantitative estimate of drug-likeness (QED) is 0.432. The van der Waals surface area contributed by atoms with Gasteiger partial charge < -0.3 is 17.1 Å². The summed E-state index contributed by atoms with van der Waals surface area (Å²) in [6.07, 6.45) is 0.0991. The number of esters is 1. The fourth-order valence-electron chi connectivity index (χ4n) is 1.92. The van der Waals surface area contributed by atoms with Crippen LogP contribution in [0.2, 0.25) is 58.9 Å². The lowest BCUT2D eigenvalue weighted by Crippen LogP contribution is -2.63. The molecule has 144 valence electrons. The first kappa shape index (κ1) is 24.2. The van der Waals surface area contributed by atoms with E-state index >= 15 is 0 Å². The van der Waals surface area contributed by atoms with Crippen LogP contribution in [0, 0.1) is 5.41 Å². The smallest absolute Gasteiger partial charge is 0.461 e. The van der Waals surface area contributed by atoms with Crippen molar-refractivity contribution in [3.8, 4) is 0 Å². The summed E-state index contributed by atoms with van der Waals surface area (Å²) in [5.41, 5.74) is -0.558. The number of carbonyl (C=O) groups excluding carboxylic acids is 1. The molecule has 0 fully saturated rings. The van der Waals surface area contributed by atoms with Gasteiger partial charge in [-0.2, -0.15) is 0 Å².